The molecule has 0 bridgehead atoms. The minimum atomic E-state index is 0.422. The molecule has 2 heterocycles. The summed E-state index contributed by atoms with van der Waals surface area (Å²) in [6.45, 7) is 7.13. The summed E-state index contributed by atoms with van der Waals surface area (Å²) in [6.07, 6.45) is 42.5. The Morgan fingerprint density at radius 2 is 1.71 bits per heavy atom. The highest BCUT2D eigenvalue weighted by Crippen LogP contribution is 2.51. The fourth-order valence-electron chi connectivity index (χ4n) is 12.2. The van der Waals surface area contributed by atoms with Crippen molar-refractivity contribution in [1.29, 1.82) is 0 Å². The van der Waals surface area contributed by atoms with E-state index in [4.69, 9.17) is 4.74 Å². The van der Waals surface area contributed by atoms with E-state index in [1.165, 1.54) is 122 Å². The van der Waals surface area contributed by atoms with Gasteiger partial charge < -0.3 is 15.4 Å². The molecular formula is C46H72N2O. The minimum absolute atomic E-state index is 0.422. The molecule has 12 atom stereocenters. The molecule has 5 aliphatic carbocycles. The van der Waals surface area contributed by atoms with E-state index in [1.807, 2.05) is 18.3 Å². The zero-order chi connectivity index (χ0) is 33.7. The molecule has 0 amide bonds. The fraction of sp³-hybridized carbons (Fsp3) is 0.783. The van der Waals surface area contributed by atoms with E-state index in [2.05, 4.69) is 67.9 Å². The Morgan fingerprint density at radius 3 is 2.45 bits per heavy atom. The first-order valence-corrected chi connectivity index (χ1v) is 21.5. The van der Waals surface area contributed by atoms with Crippen molar-refractivity contribution < 1.29 is 4.74 Å². The molecule has 0 aromatic carbocycles. The summed E-state index contributed by atoms with van der Waals surface area (Å²) in [4.78, 5) is 0. The van der Waals surface area contributed by atoms with Crippen molar-refractivity contribution >= 4 is 0 Å². The summed E-state index contributed by atoms with van der Waals surface area (Å²) < 4.78 is 5.73. The Labute approximate surface area is 301 Å². The van der Waals surface area contributed by atoms with Crippen molar-refractivity contribution in [2.45, 2.75) is 179 Å². The standard InChI is InChI=1S/C46H72N2O/c1-5-7-12-32(11-6-2)39-29-45(34-17-15-31(3)16-18-34)47-43-25-21-36(27-41(39)43)37-22-26-44-42(28-37)40(33-13-9-8-10-14-33)30-46(48-44)35-19-23-38(49-4)24-20-35/h9,12-13,15,19,22,33-34,36,38-48H,5-8,10-11,14,16-18,20-21,23-30H2,1-4H3/b32-12+/t33?,34-,36+,38?,39?,40?,41?,42+,43?,44?,45-,46?/m1/s1. The van der Waals surface area contributed by atoms with Gasteiger partial charge in [0.1, 0.15) is 0 Å². The number of unbranched alkanes of at least 4 members (excludes halogenated alkanes) is 1. The van der Waals surface area contributed by atoms with Crippen LogP contribution in [0.1, 0.15) is 149 Å². The number of allylic oxidation sites excluding steroid dienone is 7. The lowest BCUT2D eigenvalue weighted by molar-refractivity contribution is 0.0733. The van der Waals surface area contributed by atoms with Crippen LogP contribution in [0.4, 0.5) is 0 Å². The van der Waals surface area contributed by atoms with Gasteiger partial charge in [-0.2, -0.15) is 0 Å². The van der Waals surface area contributed by atoms with Crippen molar-refractivity contribution in [3.05, 3.63) is 58.7 Å². The van der Waals surface area contributed by atoms with Crippen LogP contribution in [0, 0.1) is 41.4 Å². The normalized spacial score (nSPS) is 41.6. The monoisotopic (exact) mass is 669 g/mol. The molecule has 7 rings (SSSR count). The zero-order valence-corrected chi connectivity index (χ0v) is 31.9. The maximum Gasteiger partial charge on any atom is 0.0608 e. The van der Waals surface area contributed by atoms with Gasteiger partial charge in [-0.15, -0.1) is 0 Å². The van der Waals surface area contributed by atoms with Crippen molar-refractivity contribution in [2.75, 3.05) is 7.11 Å². The number of piperidine rings is 2. The smallest absolute Gasteiger partial charge is 0.0608 e. The summed E-state index contributed by atoms with van der Waals surface area (Å²) in [6, 6.07) is 2.63. The number of rotatable bonds is 10. The predicted molar refractivity (Wildman–Crippen MR) is 207 cm³/mol. The molecule has 8 unspecified atom stereocenters. The highest BCUT2D eigenvalue weighted by molar-refractivity contribution is 5.24. The second-order valence-electron chi connectivity index (χ2n) is 17.8. The molecule has 1 saturated carbocycles. The zero-order valence-electron chi connectivity index (χ0n) is 31.9. The minimum Gasteiger partial charge on any atom is -0.381 e. The molecule has 3 heteroatoms. The summed E-state index contributed by atoms with van der Waals surface area (Å²) in [5.41, 5.74) is 7.02. The third-order valence-electron chi connectivity index (χ3n) is 15.0. The van der Waals surface area contributed by atoms with Crippen LogP contribution in [0.15, 0.2) is 58.7 Å². The summed E-state index contributed by atoms with van der Waals surface area (Å²) in [5, 5.41) is 8.67. The maximum atomic E-state index is 5.73. The van der Waals surface area contributed by atoms with E-state index in [0.717, 1.165) is 47.8 Å². The van der Waals surface area contributed by atoms with Crippen LogP contribution < -0.4 is 10.6 Å². The van der Waals surface area contributed by atoms with E-state index in [9.17, 15) is 0 Å². The molecule has 0 radical (unpaired) electrons. The van der Waals surface area contributed by atoms with Gasteiger partial charge in [0.2, 0.25) is 0 Å². The highest BCUT2D eigenvalue weighted by atomic mass is 16.5. The van der Waals surface area contributed by atoms with Gasteiger partial charge in [-0.05, 0) is 164 Å². The summed E-state index contributed by atoms with van der Waals surface area (Å²) >= 11 is 0. The molecule has 272 valence electrons. The average Bonchev–Trinajstić information content (AvgIpc) is 3.16. The van der Waals surface area contributed by atoms with Gasteiger partial charge in [-0.25, -0.2) is 0 Å². The van der Waals surface area contributed by atoms with E-state index in [0.29, 0.717) is 30.3 Å². The molecular weight excluding hydrogens is 597 g/mol. The Morgan fingerprint density at radius 1 is 0.816 bits per heavy atom. The van der Waals surface area contributed by atoms with E-state index in [-0.39, 0.29) is 0 Å². The summed E-state index contributed by atoms with van der Waals surface area (Å²) in [7, 11) is 1.89. The van der Waals surface area contributed by atoms with Crippen molar-refractivity contribution in [1.82, 2.24) is 10.6 Å². The first-order valence-electron chi connectivity index (χ1n) is 21.5. The predicted octanol–water partition coefficient (Wildman–Crippen LogP) is 11.2. The Bertz CT molecular complexity index is 1260. The van der Waals surface area contributed by atoms with Gasteiger partial charge in [-0.3, -0.25) is 0 Å². The number of fused-ring (bicyclic) bond motifs is 2. The van der Waals surface area contributed by atoms with Crippen LogP contribution in [0.2, 0.25) is 0 Å². The lowest BCUT2D eigenvalue weighted by Gasteiger charge is -2.52. The third-order valence-corrected chi connectivity index (χ3v) is 15.0. The van der Waals surface area contributed by atoms with Gasteiger partial charge in [0, 0.05) is 31.3 Å². The number of ether oxygens (including phenoxy) is 1. The number of methoxy groups -OCH3 is 1. The van der Waals surface area contributed by atoms with Gasteiger partial charge in [0.25, 0.3) is 0 Å². The van der Waals surface area contributed by atoms with Gasteiger partial charge in [0.05, 0.1) is 6.10 Å². The van der Waals surface area contributed by atoms with Gasteiger partial charge in [0.15, 0.2) is 0 Å². The molecule has 2 N–H and O–H groups in total. The highest BCUT2D eigenvalue weighted by Gasteiger charge is 2.47. The van der Waals surface area contributed by atoms with E-state index < -0.39 is 0 Å². The van der Waals surface area contributed by atoms with E-state index in [1.54, 1.807) is 11.1 Å². The van der Waals surface area contributed by atoms with Crippen LogP contribution in [0.5, 0.6) is 0 Å². The quantitative estimate of drug-likeness (QED) is 0.227. The molecule has 3 fully saturated rings. The fourth-order valence-corrected chi connectivity index (χ4v) is 12.2. The summed E-state index contributed by atoms with van der Waals surface area (Å²) in [5.74, 6) is 5.61. The number of hydrogen-bond donors (Lipinski definition) is 2. The molecule has 0 spiro atoms. The number of nitrogens with one attached hydrogen (secondary N) is 2. The van der Waals surface area contributed by atoms with Crippen LogP contribution in [0.3, 0.4) is 0 Å². The number of hydrogen-bond acceptors (Lipinski definition) is 3. The Balaban J connectivity index is 1.09. The maximum absolute atomic E-state index is 5.73. The van der Waals surface area contributed by atoms with Gasteiger partial charge in [-0.1, -0.05) is 85.4 Å². The third kappa shape index (κ3) is 8.30. The molecule has 0 aromatic heterocycles. The SMILES string of the molecule is CCC/C=C(\CCC)C1C[C@H]([C@@H]2CC=C(C)CC2)NC2CC[C@H](C3=CCC4NC(C5=CCC(OC)CC5)CC(C5C=CCCC5)[C@@H]4C3)CC21. The average molecular weight is 669 g/mol. The van der Waals surface area contributed by atoms with Crippen LogP contribution in [-0.2, 0) is 4.74 Å². The van der Waals surface area contributed by atoms with Crippen LogP contribution >= 0.6 is 0 Å². The van der Waals surface area contributed by atoms with Gasteiger partial charge >= 0.3 is 0 Å². The molecule has 2 aliphatic heterocycles. The molecule has 49 heavy (non-hydrogen) atoms. The molecule has 3 nitrogen and oxygen atoms in total. The second-order valence-corrected chi connectivity index (χ2v) is 17.8. The lowest BCUT2D eigenvalue weighted by Crippen LogP contribution is -2.57. The van der Waals surface area contributed by atoms with E-state index >= 15 is 0 Å². The second kappa shape index (κ2) is 16.9. The Hall–Kier alpha value is -1.42. The van der Waals surface area contributed by atoms with Crippen molar-refractivity contribution in [2.24, 2.45) is 41.4 Å². The molecule has 7 aliphatic rings. The largest absolute Gasteiger partial charge is 0.381 e. The molecule has 2 saturated heterocycles. The van der Waals surface area contributed by atoms with Crippen LogP contribution in [0.25, 0.3) is 0 Å². The molecule has 0 aromatic rings. The van der Waals surface area contributed by atoms with Crippen molar-refractivity contribution in [3.63, 3.8) is 0 Å². The first-order chi connectivity index (χ1) is 24.0. The topological polar surface area (TPSA) is 33.3 Å². The van der Waals surface area contributed by atoms with Crippen LogP contribution in [-0.4, -0.2) is 37.4 Å². The lowest BCUT2D eigenvalue weighted by atomic mass is 9.59. The first kappa shape index (κ1) is 36.0. The van der Waals surface area contributed by atoms with Crippen molar-refractivity contribution in [3.8, 4) is 0 Å². The Kier molecular flexibility index (Phi) is 12.4.